The van der Waals surface area contributed by atoms with Crippen LogP contribution in [0.1, 0.15) is 6.42 Å². The van der Waals surface area contributed by atoms with Gasteiger partial charge in [-0.25, -0.2) is 4.98 Å². The van der Waals surface area contributed by atoms with Gasteiger partial charge in [0.2, 0.25) is 0 Å². The molecule has 17 heavy (non-hydrogen) atoms. The second kappa shape index (κ2) is 6.55. The Bertz CT molecular complexity index is 470. The van der Waals surface area contributed by atoms with Crippen molar-refractivity contribution in [1.29, 1.82) is 0 Å². The number of hydrogen-bond acceptors (Lipinski definition) is 5. The van der Waals surface area contributed by atoms with Gasteiger partial charge in [-0.2, -0.15) is 8.42 Å². The van der Waals surface area contributed by atoms with Gasteiger partial charge in [0, 0.05) is 6.20 Å². The molecule has 3 N–H and O–H groups in total. The third-order valence-corrected chi connectivity index (χ3v) is 1.97. The maximum absolute atomic E-state index is 10.3. The van der Waals surface area contributed by atoms with E-state index in [1.54, 1.807) is 6.07 Å². The third kappa shape index (κ3) is 7.88. The first-order chi connectivity index (χ1) is 7.73. The summed E-state index contributed by atoms with van der Waals surface area (Å²) in [6.45, 7) is 0. The van der Waals surface area contributed by atoms with Gasteiger partial charge >= 0.3 is 22.1 Å². The third-order valence-electron chi connectivity index (χ3n) is 1.20. The van der Waals surface area contributed by atoms with Gasteiger partial charge in [-0.3, -0.25) is 14.1 Å². The number of carboxylic acid groups (broad SMARTS) is 2. The van der Waals surface area contributed by atoms with Gasteiger partial charge in [0.05, 0.1) is 0 Å². The van der Waals surface area contributed by atoms with Gasteiger partial charge in [0.15, 0.2) is 5.03 Å². The Morgan fingerprint density at radius 1 is 1.18 bits per heavy atom. The molecule has 0 fully saturated rings. The van der Waals surface area contributed by atoms with E-state index in [-0.39, 0.29) is 5.03 Å². The number of carboxylic acids is 2. The van der Waals surface area contributed by atoms with E-state index in [1.807, 2.05) is 0 Å². The molecule has 1 aromatic heterocycles. The average Bonchev–Trinajstić information content (AvgIpc) is 2.16. The molecule has 0 saturated carbocycles. The van der Waals surface area contributed by atoms with Crippen LogP contribution in [0.5, 0.6) is 0 Å². The molecule has 0 atom stereocenters. The van der Waals surface area contributed by atoms with Crippen molar-refractivity contribution >= 4 is 22.1 Å². The van der Waals surface area contributed by atoms with Crippen LogP contribution in [-0.2, 0) is 19.7 Å². The van der Waals surface area contributed by atoms with Crippen molar-refractivity contribution in [2.75, 3.05) is 0 Å². The number of pyridine rings is 1. The molecule has 0 saturated heterocycles. The zero-order valence-electron chi connectivity index (χ0n) is 8.35. The molecule has 0 aromatic carbocycles. The molecule has 0 unspecified atom stereocenters. The van der Waals surface area contributed by atoms with Gasteiger partial charge in [0.1, 0.15) is 6.42 Å². The molecular weight excluding hydrogens is 254 g/mol. The van der Waals surface area contributed by atoms with E-state index < -0.39 is 28.5 Å². The summed E-state index contributed by atoms with van der Waals surface area (Å²) in [6, 6.07) is 4.26. The summed E-state index contributed by atoms with van der Waals surface area (Å²) < 4.78 is 29.1. The number of nitrogens with zero attached hydrogens (tertiary/aromatic N) is 1. The summed E-state index contributed by atoms with van der Waals surface area (Å²) in [5, 5.41) is 15.1. The van der Waals surface area contributed by atoms with Crippen molar-refractivity contribution in [3.8, 4) is 0 Å². The lowest BCUT2D eigenvalue weighted by molar-refractivity contribution is -0.147. The highest BCUT2D eigenvalue weighted by Crippen LogP contribution is 2.00. The summed E-state index contributed by atoms with van der Waals surface area (Å²) in [5.41, 5.74) is 0. The van der Waals surface area contributed by atoms with E-state index in [0.717, 1.165) is 0 Å². The number of rotatable bonds is 3. The van der Waals surface area contributed by atoms with Crippen LogP contribution in [0.3, 0.4) is 0 Å². The molecule has 1 aromatic rings. The highest BCUT2D eigenvalue weighted by atomic mass is 32.2. The summed E-state index contributed by atoms with van der Waals surface area (Å²) in [7, 11) is -4.11. The van der Waals surface area contributed by atoms with Gasteiger partial charge in [-0.05, 0) is 12.1 Å². The van der Waals surface area contributed by atoms with Gasteiger partial charge in [-0.1, -0.05) is 6.07 Å². The van der Waals surface area contributed by atoms with Crippen LogP contribution in [0.15, 0.2) is 29.4 Å². The standard InChI is InChI=1S/C5H5NO3S.C3H4O4/c7-10(8,9)5-3-1-2-4-6-5;4-2(5)1-3(6)7/h1-4H,(H,7,8,9);1H2,(H,4,5)(H,6,7). The van der Waals surface area contributed by atoms with Crippen LogP contribution >= 0.6 is 0 Å². The number of hydrogen-bond donors (Lipinski definition) is 3. The van der Waals surface area contributed by atoms with Crippen molar-refractivity contribution in [3.63, 3.8) is 0 Å². The Morgan fingerprint density at radius 3 is 1.88 bits per heavy atom. The molecule has 0 amide bonds. The fourth-order valence-electron chi connectivity index (χ4n) is 0.629. The Balaban J connectivity index is 0.000000325. The average molecular weight is 263 g/mol. The number of aromatic nitrogens is 1. The normalized spacial score (nSPS) is 9.94. The SMILES string of the molecule is O=C(O)CC(=O)O.O=S(=O)(O)c1ccccn1. The molecule has 0 spiro atoms. The smallest absolute Gasteiger partial charge is 0.314 e. The predicted molar refractivity (Wildman–Crippen MR) is 53.9 cm³/mol. The second-order valence-corrected chi connectivity index (χ2v) is 3.98. The largest absolute Gasteiger partial charge is 0.481 e. The summed E-state index contributed by atoms with van der Waals surface area (Å²) in [6.07, 6.45) is 0.489. The molecule has 0 aliphatic carbocycles. The monoisotopic (exact) mass is 263 g/mol. The molecule has 1 rings (SSSR count). The predicted octanol–water partition coefficient (Wildman–Crippen LogP) is -0.126. The van der Waals surface area contributed by atoms with E-state index in [1.165, 1.54) is 18.3 Å². The second-order valence-electron chi connectivity index (χ2n) is 2.61. The van der Waals surface area contributed by atoms with Crippen molar-refractivity contribution in [3.05, 3.63) is 24.4 Å². The van der Waals surface area contributed by atoms with Crippen LogP contribution in [0, 0.1) is 0 Å². The van der Waals surface area contributed by atoms with E-state index in [4.69, 9.17) is 14.8 Å². The van der Waals surface area contributed by atoms with Crippen LogP contribution in [0.25, 0.3) is 0 Å². The highest BCUT2D eigenvalue weighted by molar-refractivity contribution is 7.85. The van der Waals surface area contributed by atoms with Crippen molar-refractivity contribution < 1.29 is 32.8 Å². The maximum Gasteiger partial charge on any atom is 0.314 e. The number of carbonyl (C=O) groups is 2. The molecule has 0 aliphatic rings. The maximum atomic E-state index is 10.3. The lowest BCUT2D eigenvalue weighted by Gasteiger charge is -1.91. The van der Waals surface area contributed by atoms with Crippen LogP contribution in [0.2, 0.25) is 0 Å². The van der Waals surface area contributed by atoms with Crippen LogP contribution < -0.4 is 0 Å². The van der Waals surface area contributed by atoms with Crippen molar-refractivity contribution in [2.45, 2.75) is 11.4 Å². The summed E-state index contributed by atoms with van der Waals surface area (Å²) >= 11 is 0. The van der Waals surface area contributed by atoms with E-state index in [9.17, 15) is 18.0 Å². The first-order valence-electron chi connectivity index (χ1n) is 4.05. The zero-order valence-corrected chi connectivity index (χ0v) is 9.16. The fourth-order valence-corrected chi connectivity index (χ4v) is 1.07. The highest BCUT2D eigenvalue weighted by Gasteiger charge is 2.08. The lowest BCUT2D eigenvalue weighted by Crippen LogP contribution is -2.03. The summed E-state index contributed by atoms with van der Waals surface area (Å²) in [5.74, 6) is -2.62. The van der Waals surface area contributed by atoms with E-state index in [2.05, 4.69) is 4.98 Å². The Hall–Kier alpha value is -2.00. The fraction of sp³-hybridized carbons (Fsp3) is 0.125. The molecule has 94 valence electrons. The van der Waals surface area contributed by atoms with Crippen molar-refractivity contribution in [1.82, 2.24) is 4.98 Å². The first kappa shape index (κ1) is 15.0. The number of aliphatic carboxylic acids is 2. The summed E-state index contributed by atoms with van der Waals surface area (Å²) in [4.78, 5) is 22.3. The Morgan fingerprint density at radius 2 is 1.71 bits per heavy atom. The van der Waals surface area contributed by atoms with Gasteiger partial charge in [0.25, 0.3) is 0 Å². The molecule has 1 heterocycles. The molecule has 9 heteroatoms. The molecular formula is C8H9NO7S. The zero-order chi connectivity index (χ0) is 13.5. The molecule has 0 bridgehead atoms. The van der Waals surface area contributed by atoms with E-state index in [0.29, 0.717) is 0 Å². The topological polar surface area (TPSA) is 142 Å². The Kier molecular flexibility index (Phi) is 5.78. The minimum absolute atomic E-state index is 0.324. The van der Waals surface area contributed by atoms with E-state index >= 15 is 0 Å². The van der Waals surface area contributed by atoms with Crippen LogP contribution in [0.4, 0.5) is 0 Å². The quantitative estimate of drug-likeness (QED) is 0.505. The molecule has 8 nitrogen and oxygen atoms in total. The molecule has 0 radical (unpaired) electrons. The van der Waals surface area contributed by atoms with Crippen molar-refractivity contribution in [2.24, 2.45) is 0 Å². The van der Waals surface area contributed by atoms with Crippen LogP contribution in [-0.4, -0.2) is 40.1 Å². The Labute approximate surface area is 96.3 Å². The van der Waals surface area contributed by atoms with Gasteiger partial charge in [-0.15, -0.1) is 0 Å². The van der Waals surface area contributed by atoms with Gasteiger partial charge < -0.3 is 10.2 Å². The lowest BCUT2D eigenvalue weighted by atomic mass is 10.5. The minimum Gasteiger partial charge on any atom is -0.481 e. The molecule has 0 aliphatic heterocycles. The first-order valence-corrected chi connectivity index (χ1v) is 5.49. The minimum atomic E-state index is -4.11.